The maximum atomic E-state index is 12.5. The van der Waals surface area contributed by atoms with Crippen LogP contribution in [0.15, 0.2) is 18.2 Å². The van der Waals surface area contributed by atoms with Crippen LogP contribution in [0.25, 0.3) is 0 Å². The number of nitrogen functional groups attached to an aromatic ring is 1. The molecular weight excluding hydrogens is 238 g/mol. The molecular formula is C15H23N3O. The lowest BCUT2D eigenvalue weighted by Crippen LogP contribution is -2.29. The van der Waals surface area contributed by atoms with Crippen LogP contribution < -0.4 is 11.3 Å². The summed E-state index contributed by atoms with van der Waals surface area (Å²) in [4.78, 5) is 14.5. The molecule has 1 unspecified atom stereocenters. The van der Waals surface area contributed by atoms with Crippen LogP contribution in [0.1, 0.15) is 42.1 Å². The molecule has 2 rings (SSSR count). The molecule has 1 fully saturated rings. The van der Waals surface area contributed by atoms with Crippen molar-refractivity contribution in [3.8, 4) is 0 Å². The molecule has 4 heteroatoms. The zero-order valence-corrected chi connectivity index (χ0v) is 11.8. The Morgan fingerprint density at radius 1 is 1.53 bits per heavy atom. The summed E-state index contributed by atoms with van der Waals surface area (Å²) in [7, 11) is 0. The highest BCUT2D eigenvalue weighted by atomic mass is 16.2. The van der Waals surface area contributed by atoms with Crippen LogP contribution in [-0.4, -0.2) is 23.9 Å². The number of nitrogens with two attached hydrogens (primary N) is 1. The summed E-state index contributed by atoms with van der Waals surface area (Å²) in [6, 6.07) is 5.62. The van der Waals surface area contributed by atoms with E-state index in [0.29, 0.717) is 5.92 Å². The van der Waals surface area contributed by atoms with E-state index in [1.807, 2.05) is 30.0 Å². The number of anilines is 1. The van der Waals surface area contributed by atoms with Gasteiger partial charge in [-0.1, -0.05) is 13.3 Å². The Bertz CT molecular complexity index is 459. The molecule has 0 saturated carbocycles. The first-order valence-electron chi connectivity index (χ1n) is 7.02. The van der Waals surface area contributed by atoms with Gasteiger partial charge in [0.25, 0.3) is 5.91 Å². The summed E-state index contributed by atoms with van der Waals surface area (Å²) in [5, 5.41) is 0. The third-order valence-electron chi connectivity index (χ3n) is 3.89. The highest BCUT2D eigenvalue weighted by Gasteiger charge is 2.26. The minimum absolute atomic E-state index is 0.152. The van der Waals surface area contributed by atoms with E-state index in [9.17, 15) is 4.79 Å². The third kappa shape index (κ3) is 3.07. The zero-order valence-electron chi connectivity index (χ0n) is 11.8. The summed E-state index contributed by atoms with van der Waals surface area (Å²) >= 11 is 0. The molecule has 1 aromatic carbocycles. The highest BCUT2D eigenvalue weighted by Crippen LogP contribution is 2.24. The fraction of sp³-hybridized carbons (Fsp3) is 0.533. The number of carbonyl (C=O) groups is 1. The lowest BCUT2D eigenvalue weighted by molar-refractivity contribution is 0.0786. The second kappa shape index (κ2) is 6.06. The van der Waals surface area contributed by atoms with Gasteiger partial charge in [0, 0.05) is 24.3 Å². The van der Waals surface area contributed by atoms with E-state index in [-0.39, 0.29) is 5.91 Å². The lowest BCUT2D eigenvalue weighted by atomic mass is 10.0. The number of benzene rings is 1. The summed E-state index contributed by atoms with van der Waals surface area (Å²) in [5.41, 5.74) is 5.19. The number of nitrogens with one attached hydrogen (secondary N) is 1. The summed E-state index contributed by atoms with van der Waals surface area (Å²) in [6.45, 7) is 5.95. The number of hydrogen-bond donors (Lipinski definition) is 2. The van der Waals surface area contributed by atoms with Crippen LogP contribution in [0.4, 0.5) is 5.69 Å². The van der Waals surface area contributed by atoms with Gasteiger partial charge < -0.3 is 10.3 Å². The Hall–Kier alpha value is -1.55. The number of nitrogens with zero attached hydrogens (tertiary/aromatic N) is 1. The lowest BCUT2D eigenvalue weighted by Gasteiger charge is -2.18. The van der Waals surface area contributed by atoms with Crippen molar-refractivity contribution < 1.29 is 4.79 Å². The Balaban J connectivity index is 2.08. The molecule has 0 bridgehead atoms. The SMILES string of the molecule is CCCC1CCN(C(=O)c2ccc(NN)cc2C)C1. The van der Waals surface area contributed by atoms with Gasteiger partial charge in [-0.25, -0.2) is 0 Å². The normalized spacial score (nSPS) is 18.7. The Labute approximate surface area is 114 Å². The van der Waals surface area contributed by atoms with Crippen molar-refractivity contribution in [2.75, 3.05) is 18.5 Å². The van der Waals surface area contributed by atoms with Crippen LogP contribution in [0.5, 0.6) is 0 Å². The van der Waals surface area contributed by atoms with Gasteiger partial charge in [0.15, 0.2) is 0 Å². The Morgan fingerprint density at radius 2 is 2.32 bits per heavy atom. The van der Waals surface area contributed by atoms with E-state index in [1.54, 1.807) is 0 Å². The molecule has 0 aliphatic carbocycles. The van der Waals surface area contributed by atoms with E-state index >= 15 is 0 Å². The molecule has 1 heterocycles. The Morgan fingerprint density at radius 3 is 2.95 bits per heavy atom. The predicted octanol–water partition coefficient (Wildman–Crippen LogP) is 2.54. The summed E-state index contributed by atoms with van der Waals surface area (Å²) < 4.78 is 0. The van der Waals surface area contributed by atoms with Crippen LogP contribution in [0.3, 0.4) is 0 Å². The largest absolute Gasteiger partial charge is 0.338 e. The number of carbonyl (C=O) groups excluding carboxylic acids is 1. The van der Waals surface area contributed by atoms with Crippen molar-refractivity contribution in [1.29, 1.82) is 0 Å². The second-order valence-electron chi connectivity index (χ2n) is 5.37. The molecule has 1 aromatic rings. The zero-order chi connectivity index (χ0) is 13.8. The number of rotatable bonds is 4. The van der Waals surface area contributed by atoms with Crippen molar-refractivity contribution >= 4 is 11.6 Å². The molecule has 1 amide bonds. The molecule has 1 atom stereocenters. The monoisotopic (exact) mass is 261 g/mol. The number of hydrogen-bond acceptors (Lipinski definition) is 3. The fourth-order valence-electron chi connectivity index (χ4n) is 2.82. The van der Waals surface area contributed by atoms with Crippen molar-refractivity contribution in [3.05, 3.63) is 29.3 Å². The van der Waals surface area contributed by atoms with Gasteiger partial charge in [-0.2, -0.15) is 0 Å². The average molecular weight is 261 g/mol. The van der Waals surface area contributed by atoms with Crippen molar-refractivity contribution in [1.82, 2.24) is 4.90 Å². The first kappa shape index (κ1) is 13.9. The molecule has 1 aliphatic rings. The van der Waals surface area contributed by atoms with Crippen LogP contribution in [0.2, 0.25) is 0 Å². The van der Waals surface area contributed by atoms with Crippen LogP contribution in [-0.2, 0) is 0 Å². The quantitative estimate of drug-likeness (QED) is 0.647. The van der Waals surface area contributed by atoms with Gasteiger partial charge >= 0.3 is 0 Å². The molecule has 0 radical (unpaired) electrons. The van der Waals surface area contributed by atoms with Gasteiger partial charge in [-0.3, -0.25) is 10.6 Å². The average Bonchev–Trinajstić information content (AvgIpc) is 2.87. The maximum Gasteiger partial charge on any atom is 0.254 e. The molecule has 4 nitrogen and oxygen atoms in total. The number of likely N-dealkylation sites (tertiary alicyclic amines) is 1. The molecule has 1 saturated heterocycles. The third-order valence-corrected chi connectivity index (χ3v) is 3.89. The number of hydrazine groups is 1. The predicted molar refractivity (Wildman–Crippen MR) is 77.9 cm³/mol. The topological polar surface area (TPSA) is 58.4 Å². The molecule has 0 aromatic heterocycles. The fourth-order valence-corrected chi connectivity index (χ4v) is 2.82. The van der Waals surface area contributed by atoms with Gasteiger partial charge in [-0.05, 0) is 49.4 Å². The summed E-state index contributed by atoms with van der Waals surface area (Å²) in [6.07, 6.45) is 3.56. The van der Waals surface area contributed by atoms with Crippen LogP contribution in [0, 0.1) is 12.8 Å². The van der Waals surface area contributed by atoms with Crippen molar-refractivity contribution in [2.45, 2.75) is 33.1 Å². The van der Waals surface area contributed by atoms with Crippen molar-refractivity contribution in [2.24, 2.45) is 11.8 Å². The number of aryl methyl sites for hydroxylation is 1. The van der Waals surface area contributed by atoms with E-state index in [2.05, 4.69) is 12.3 Å². The molecule has 104 valence electrons. The van der Waals surface area contributed by atoms with E-state index in [4.69, 9.17) is 5.84 Å². The van der Waals surface area contributed by atoms with E-state index < -0.39 is 0 Å². The van der Waals surface area contributed by atoms with Crippen molar-refractivity contribution in [3.63, 3.8) is 0 Å². The minimum Gasteiger partial charge on any atom is -0.338 e. The number of amides is 1. The highest BCUT2D eigenvalue weighted by molar-refractivity contribution is 5.96. The molecule has 3 N–H and O–H groups in total. The Kier molecular flexibility index (Phi) is 4.43. The van der Waals surface area contributed by atoms with Crippen LogP contribution >= 0.6 is 0 Å². The first-order chi connectivity index (χ1) is 9.15. The van der Waals surface area contributed by atoms with E-state index in [0.717, 1.165) is 36.3 Å². The van der Waals surface area contributed by atoms with E-state index in [1.165, 1.54) is 12.8 Å². The maximum absolute atomic E-state index is 12.5. The molecule has 1 aliphatic heterocycles. The van der Waals surface area contributed by atoms with Gasteiger partial charge in [0.05, 0.1) is 0 Å². The molecule has 0 spiro atoms. The van der Waals surface area contributed by atoms with Gasteiger partial charge in [-0.15, -0.1) is 0 Å². The smallest absolute Gasteiger partial charge is 0.254 e. The van der Waals surface area contributed by atoms with Gasteiger partial charge in [0.2, 0.25) is 0 Å². The standard InChI is InChI=1S/C15H23N3O/c1-3-4-12-7-8-18(10-12)15(19)14-6-5-13(17-16)9-11(14)2/h5-6,9,12,17H,3-4,7-8,10,16H2,1-2H3. The molecule has 19 heavy (non-hydrogen) atoms. The summed E-state index contributed by atoms with van der Waals surface area (Å²) in [5.74, 6) is 6.21. The second-order valence-corrected chi connectivity index (χ2v) is 5.37. The minimum atomic E-state index is 0.152. The van der Waals surface area contributed by atoms with Gasteiger partial charge in [0.1, 0.15) is 0 Å². The first-order valence-corrected chi connectivity index (χ1v) is 7.02.